The second-order valence-electron chi connectivity index (χ2n) is 3.51. The summed E-state index contributed by atoms with van der Waals surface area (Å²) in [5.74, 6) is -0.358. The van der Waals surface area contributed by atoms with Gasteiger partial charge >= 0.3 is 0 Å². The summed E-state index contributed by atoms with van der Waals surface area (Å²) in [6.07, 6.45) is 0.195. The van der Waals surface area contributed by atoms with E-state index in [1.54, 1.807) is 0 Å². The average molecular weight is 216 g/mol. The predicted molar refractivity (Wildman–Crippen MR) is 52.1 cm³/mol. The van der Waals surface area contributed by atoms with Gasteiger partial charge in [0.05, 0.1) is 12.7 Å². The van der Waals surface area contributed by atoms with Crippen LogP contribution in [0.25, 0.3) is 0 Å². The zero-order chi connectivity index (χ0) is 11.3. The Labute approximate surface area is 88.0 Å². The first-order valence-electron chi connectivity index (χ1n) is 4.87. The van der Waals surface area contributed by atoms with E-state index in [9.17, 15) is 14.7 Å². The maximum absolute atomic E-state index is 11.4. The van der Waals surface area contributed by atoms with Crippen LogP contribution in [0.4, 0.5) is 0 Å². The Morgan fingerprint density at radius 3 is 3.07 bits per heavy atom. The van der Waals surface area contributed by atoms with Crippen molar-refractivity contribution < 1.29 is 19.4 Å². The highest BCUT2D eigenvalue weighted by Gasteiger charge is 2.27. The molecule has 0 aromatic heterocycles. The molecule has 2 atom stereocenters. The van der Waals surface area contributed by atoms with Gasteiger partial charge in [-0.1, -0.05) is 0 Å². The zero-order valence-corrected chi connectivity index (χ0v) is 8.66. The molecule has 3 N–H and O–H groups in total. The Morgan fingerprint density at radius 1 is 1.80 bits per heavy atom. The Balaban J connectivity index is 2.21. The number of ether oxygens (including phenoxy) is 1. The van der Waals surface area contributed by atoms with Crippen LogP contribution in [0.2, 0.25) is 0 Å². The molecule has 0 spiro atoms. The molecule has 0 aromatic rings. The number of aliphatic hydroxyl groups excluding tert-OH is 1. The van der Waals surface area contributed by atoms with Gasteiger partial charge in [-0.15, -0.1) is 0 Å². The van der Waals surface area contributed by atoms with Crippen molar-refractivity contribution in [3.8, 4) is 0 Å². The van der Waals surface area contributed by atoms with Crippen molar-refractivity contribution in [2.24, 2.45) is 0 Å². The van der Waals surface area contributed by atoms with Gasteiger partial charge in [0.25, 0.3) is 0 Å². The topological polar surface area (TPSA) is 87.7 Å². The lowest BCUT2D eigenvalue weighted by Crippen LogP contribution is -2.44. The van der Waals surface area contributed by atoms with Crippen molar-refractivity contribution in [3.63, 3.8) is 0 Å². The molecule has 15 heavy (non-hydrogen) atoms. The van der Waals surface area contributed by atoms with Gasteiger partial charge in [-0.25, -0.2) is 0 Å². The first kappa shape index (κ1) is 11.9. The number of nitrogens with one attached hydrogen (secondary N) is 2. The average Bonchev–Trinajstić information content (AvgIpc) is 2.62. The lowest BCUT2D eigenvalue weighted by atomic mass is 10.2. The molecular formula is C9H16N2O4. The maximum Gasteiger partial charge on any atom is 0.242 e. The van der Waals surface area contributed by atoms with Crippen LogP contribution in [-0.2, 0) is 14.3 Å². The van der Waals surface area contributed by atoms with E-state index >= 15 is 0 Å². The second kappa shape index (κ2) is 5.67. The largest absolute Gasteiger partial charge is 0.389 e. The van der Waals surface area contributed by atoms with E-state index < -0.39 is 12.1 Å². The number of amides is 2. The van der Waals surface area contributed by atoms with Gasteiger partial charge in [0, 0.05) is 20.1 Å². The summed E-state index contributed by atoms with van der Waals surface area (Å²) in [5.41, 5.74) is 0. The Bertz CT molecular complexity index is 244. The molecule has 1 fully saturated rings. The quantitative estimate of drug-likeness (QED) is 0.516. The zero-order valence-electron chi connectivity index (χ0n) is 8.66. The Morgan fingerprint density at radius 2 is 2.53 bits per heavy atom. The smallest absolute Gasteiger partial charge is 0.242 e. The molecule has 2 unspecified atom stereocenters. The fourth-order valence-corrected chi connectivity index (χ4v) is 1.40. The number of hydrogen-bond acceptors (Lipinski definition) is 4. The first-order chi connectivity index (χ1) is 7.13. The maximum atomic E-state index is 11.4. The van der Waals surface area contributed by atoms with E-state index in [2.05, 4.69) is 10.6 Å². The van der Waals surface area contributed by atoms with Crippen molar-refractivity contribution in [3.05, 3.63) is 0 Å². The lowest BCUT2D eigenvalue weighted by molar-refractivity contribution is -0.126. The number of rotatable bonds is 5. The van der Waals surface area contributed by atoms with Crippen molar-refractivity contribution >= 4 is 11.8 Å². The number of aliphatic hydroxyl groups is 1. The summed E-state index contributed by atoms with van der Waals surface area (Å²) < 4.78 is 4.71. The van der Waals surface area contributed by atoms with E-state index in [0.717, 1.165) is 0 Å². The molecule has 0 radical (unpaired) electrons. The predicted octanol–water partition coefficient (Wildman–Crippen LogP) is -1.61. The Kier molecular flexibility index (Phi) is 4.51. The highest BCUT2D eigenvalue weighted by atomic mass is 16.5. The highest BCUT2D eigenvalue weighted by Crippen LogP contribution is 2.05. The van der Waals surface area contributed by atoms with Gasteiger partial charge in [-0.2, -0.15) is 0 Å². The minimum atomic E-state index is -0.712. The molecule has 1 rings (SSSR count). The van der Waals surface area contributed by atoms with Crippen molar-refractivity contribution in [1.82, 2.24) is 10.6 Å². The minimum Gasteiger partial charge on any atom is -0.389 e. The number of carbonyl (C=O) groups excluding carboxylic acids is 2. The van der Waals surface area contributed by atoms with Gasteiger partial charge in [0.15, 0.2) is 0 Å². The van der Waals surface area contributed by atoms with E-state index in [1.807, 2.05) is 0 Å². The fourth-order valence-electron chi connectivity index (χ4n) is 1.40. The molecule has 0 aliphatic carbocycles. The summed E-state index contributed by atoms with van der Waals surface area (Å²) in [6, 6.07) is -0.452. The molecule has 86 valence electrons. The molecule has 6 heteroatoms. The van der Waals surface area contributed by atoms with E-state index in [1.165, 1.54) is 7.11 Å². The first-order valence-corrected chi connectivity index (χ1v) is 4.87. The summed E-state index contributed by atoms with van der Waals surface area (Å²) in [4.78, 5) is 22.3. The molecule has 1 aliphatic heterocycles. The SMILES string of the molecule is COCC(O)CNC(=O)C1CCC(=O)N1. The summed E-state index contributed by atoms with van der Waals surface area (Å²) in [7, 11) is 1.47. The molecule has 1 aliphatic rings. The number of hydrogen-bond donors (Lipinski definition) is 3. The minimum absolute atomic E-state index is 0.104. The van der Waals surface area contributed by atoms with Crippen LogP contribution in [0.1, 0.15) is 12.8 Å². The molecular weight excluding hydrogens is 200 g/mol. The van der Waals surface area contributed by atoms with Crippen LogP contribution < -0.4 is 10.6 Å². The van der Waals surface area contributed by atoms with Gasteiger partial charge in [-0.3, -0.25) is 9.59 Å². The van der Waals surface area contributed by atoms with Crippen LogP contribution >= 0.6 is 0 Å². The van der Waals surface area contributed by atoms with Crippen LogP contribution in [-0.4, -0.2) is 49.3 Å². The molecule has 0 saturated carbocycles. The monoisotopic (exact) mass is 216 g/mol. The third-order valence-electron chi connectivity index (χ3n) is 2.18. The standard InChI is InChI=1S/C9H16N2O4/c1-15-5-6(12)4-10-9(14)7-2-3-8(13)11-7/h6-7,12H,2-5H2,1H3,(H,10,14)(H,11,13). The van der Waals surface area contributed by atoms with Crippen LogP contribution in [0.5, 0.6) is 0 Å². The third-order valence-corrected chi connectivity index (χ3v) is 2.18. The third kappa shape index (κ3) is 3.85. The molecule has 0 aromatic carbocycles. The van der Waals surface area contributed by atoms with Crippen molar-refractivity contribution in [1.29, 1.82) is 0 Å². The van der Waals surface area contributed by atoms with Crippen molar-refractivity contribution in [2.75, 3.05) is 20.3 Å². The van der Waals surface area contributed by atoms with E-state index in [0.29, 0.717) is 12.8 Å². The normalized spacial score (nSPS) is 22.3. The number of carbonyl (C=O) groups is 2. The molecule has 1 saturated heterocycles. The van der Waals surface area contributed by atoms with E-state index in [-0.39, 0.29) is 25.0 Å². The Hall–Kier alpha value is -1.14. The van der Waals surface area contributed by atoms with Gasteiger partial charge in [0.2, 0.25) is 11.8 Å². The van der Waals surface area contributed by atoms with E-state index in [4.69, 9.17) is 4.74 Å². The molecule has 6 nitrogen and oxygen atoms in total. The highest BCUT2D eigenvalue weighted by molar-refractivity contribution is 5.90. The van der Waals surface area contributed by atoms with Gasteiger partial charge in [-0.05, 0) is 6.42 Å². The molecule has 1 heterocycles. The van der Waals surface area contributed by atoms with Crippen molar-refractivity contribution in [2.45, 2.75) is 25.0 Å². The summed E-state index contributed by atoms with van der Waals surface area (Å²) in [6.45, 7) is 0.316. The van der Waals surface area contributed by atoms with Crippen LogP contribution in [0.15, 0.2) is 0 Å². The summed E-state index contributed by atoms with van der Waals surface area (Å²) in [5, 5.41) is 14.4. The van der Waals surface area contributed by atoms with Gasteiger partial charge < -0.3 is 20.5 Å². The van der Waals surface area contributed by atoms with Crippen LogP contribution in [0.3, 0.4) is 0 Å². The fraction of sp³-hybridized carbons (Fsp3) is 0.778. The lowest BCUT2D eigenvalue weighted by Gasteiger charge is -2.13. The van der Waals surface area contributed by atoms with Gasteiger partial charge in [0.1, 0.15) is 6.04 Å². The second-order valence-corrected chi connectivity index (χ2v) is 3.51. The van der Waals surface area contributed by atoms with Crippen LogP contribution in [0, 0.1) is 0 Å². The summed E-state index contributed by atoms with van der Waals surface area (Å²) >= 11 is 0. The molecule has 2 amide bonds. The molecule has 0 bridgehead atoms. The number of methoxy groups -OCH3 is 1.